The molecule has 8 atom stereocenters. The van der Waals surface area contributed by atoms with Crippen molar-refractivity contribution in [1.29, 1.82) is 5.26 Å². The van der Waals surface area contributed by atoms with E-state index in [0.29, 0.717) is 35.3 Å². The summed E-state index contributed by atoms with van der Waals surface area (Å²) in [7, 11) is 0. The van der Waals surface area contributed by atoms with Gasteiger partial charge in [0.1, 0.15) is 0 Å². The molecule has 0 unspecified atom stereocenters. The quantitative estimate of drug-likeness (QED) is 0.772. The summed E-state index contributed by atoms with van der Waals surface area (Å²) in [5, 5.41) is 9.77. The van der Waals surface area contributed by atoms with E-state index < -0.39 is 0 Å². The van der Waals surface area contributed by atoms with Gasteiger partial charge in [-0.25, -0.2) is 23.5 Å². The van der Waals surface area contributed by atoms with Gasteiger partial charge in [-0.3, -0.25) is 0 Å². The van der Waals surface area contributed by atoms with Gasteiger partial charge in [0, 0.05) is 5.92 Å². The van der Waals surface area contributed by atoms with Gasteiger partial charge in [0.25, 0.3) is 0 Å². The Labute approximate surface area is 130 Å². The Morgan fingerprint density at radius 2 is 1.70 bits per heavy atom. The fourth-order valence-electron chi connectivity index (χ4n) is 7.12. The van der Waals surface area contributed by atoms with Crippen molar-refractivity contribution in [3.05, 3.63) is 51.3 Å². The molecule has 0 radical (unpaired) electrons. The molecule has 1 aromatic heterocycles. The molecule has 112 valence electrons. The van der Waals surface area contributed by atoms with Gasteiger partial charge in [0.2, 0.25) is 0 Å². The number of nitriles is 1. The minimum Gasteiger partial charge on any atom is -0.245 e. The lowest BCUT2D eigenvalue weighted by molar-refractivity contribution is -0.482. The van der Waals surface area contributed by atoms with E-state index in [0.717, 1.165) is 0 Å². The first-order valence-electron chi connectivity index (χ1n) is 8.16. The van der Waals surface area contributed by atoms with Gasteiger partial charge in [0.15, 0.2) is 0 Å². The molecule has 8 rings (SSSR count). The molecule has 0 N–H and O–H groups in total. The zero-order chi connectivity index (χ0) is 15.2. The average molecular weight is 304 g/mol. The topological polar surface area (TPSA) is 72.7 Å². The summed E-state index contributed by atoms with van der Waals surface area (Å²) in [6, 6.07) is 11.6. The Kier molecular flexibility index (Phi) is 1.36. The number of hydrogen-bond acceptors (Lipinski definition) is 3. The molecule has 0 saturated heterocycles. The van der Waals surface area contributed by atoms with Crippen LogP contribution in [0.1, 0.15) is 12.1 Å². The van der Waals surface area contributed by atoms with Crippen molar-refractivity contribution in [1.82, 2.24) is 13.9 Å². The number of para-hydroxylation sites is 1. The monoisotopic (exact) mass is 304 g/mol. The molecule has 3 heterocycles. The second-order valence-electron chi connectivity index (χ2n) is 7.69. The molecule has 2 aromatic rings. The maximum atomic E-state index is 13.0. The smallest absolute Gasteiger partial charge is 0.245 e. The molecule has 2 aliphatic heterocycles. The number of nitrogens with zero attached hydrogens (tertiary/aromatic N) is 4. The fourth-order valence-corrected chi connectivity index (χ4v) is 7.12. The molecule has 1 aromatic carbocycles. The highest BCUT2D eigenvalue weighted by Crippen LogP contribution is 2.96. The predicted molar refractivity (Wildman–Crippen MR) is 77.9 cm³/mol. The summed E-state index contributed by atoms with van der Waals surface area (Å²) in [6.07, 6.45) is 0. The molecule has 0 amide bonds. The number of aromatic nitrogens is 3. The van der Waals surface area contributed by atoms with Crippen LogP contribution in [0.15, 0.2) is 39.9 Å². The predicted octanol–water partition coefficient (Wildman–Crippen LogP) is 0.542. The average Bonchev–Trinajstić information content (AvgIpc) is 2.78. The van der Waals surface area contributed by atoms with Gasteiger partial charge in [-0.15, -0.1) is 0 Å². The van der Waals surface area contributed by atoms with Crippen LogP contribution in [0, 0.1) is 46.3 Å². The van der Waals surface area contributed by atoms with Crippen LogP contribution < -0.4 is 11.4 Å². The van der Waals surface area contributed by atoms with Crippen molar-refractivity contribution in [3.63, 3.8) is 0 Å². The second kappa shape index (κ2) is 2.82. The highest BCUT2D eigenvalue weighted by molar-refractivity contribution is 5.48. The molecular weight excluding hydrogens is 292 g/mol. The third-order valence-electron chi connectivity index (χ3n) is 7.61. The first kappa shape index (κ1) is 11.1. The molecule has 6 nitrogen and oxygen atoms in total. The molecule has 4 fully saturated rings. The van der Waals surface area contributed by atoms with Crippen molar-refractivity contribution in [2.45, 2.75) is 12.1 Å². The number of benzene rings is 1. The lowest BCUT2D eigenvalue weighted by atomic mass is 9.11. The SMILES string of the molecule is N#C[C@@]12[C@H]3[C@@H]4[C@@H]5[C@@H]3[C@H]1n1c(=O)n(-c3ccccc3)c(=O)n1[C@H]5[C@H]42. The Balaban J connectivity index is 1.57. The second-order valence-corrected chi connectivity index (χ2v) is 7.69. The molecule has 23 heavy (non-hydrogen) atoms. The lowest BCUT2D eigenvalue weighted by Gasteiger charge is -2.94. The van der Waals surface area contributed by atoms with Crippen molar-refractivity contribution in [2.24, 2.45) is 35.0 Å². The van der Waals surface area contributed by atoms with Crippen LogP contribution >= 0.6 is 0 Å². The van der Waals surface area contributed by atoms with Crippen molar-refractivity contribution in [3.8, 4) is 11.8 Å². The van der Waals surface area contributed by atoms with E-state index in [9.17, 15) is 14.9 Å². The van der Waals surface area contributed by atoms with Crippen LogP contribution in [-0.4, -0.2) is 13.9 Å². The number of rotatable bonds is 1. The van der Waals surface area contributed by atoms with Crippen molar-refractivity contribution >= 4 is 0 Å². The highest BCUT2D eigenvalue weighted by atomic mass is 16.2. The van der Waals surface area contributed by atoms with Crippen LogP contribution in [0.3, 0.4) is 0 Å². The summed E-state index contributed by atoms with van der Waals surface area (Å²) in [5.74, 6) is 2.45. The van der Waals surface area contributed by atoms with Gasteiger partial charge in [-0.1, -0.05) is 18.2 Å². The molecule has 0 spiro atoms. The Hall–Kier alpha value is -2.55. The molecule has 4 saturated carbocycles. The van der Waals surface area contributed by atoms with Crippen molar-refractivity contribution < 1.29 is 0 Å². The zero-order valence-electron chi connectivity index (χ0n) is 12.0. The number of hydrogen-bond donors (Lipinski definition) is 0. The van der Waals surface area contributed by atoms with E-state index in [4.69, 9.17) is 0 Å². The molecule has 4 aliphatic carbocycles. The summed E-state index contributed by atoms with van der Waals surface area (Å²) in [4.78, 5) is 25.9. The van der Waals surface area contributed by atoms with Crippen molar-refractivity contribution in [2.75, 3.05) is 0 Å². The first-order chi connectivity index (χ1) is 11.2. The van der Waals surface area contributed by atoms with Gasteiger partial charge >= 0.3 is 11.4 Å². The molecular formula is C17H12N4O2. The Morgan fingerprint density at radius 1 is 0.957 bits per heavy atom. The third kappa shape index (κ3) is 0.724. The summed E-state index contributed by atoms with van der Waals surface area (Å²) in [6.45, 7) is 0. The van der Waals surface area contributed by atoms with Crippen LogP contribution in [0.5, 0.6) is 0 Å². The summed E-state index contributed by atoms with van der Waals surface area (Å²) in [5.41, 5.74) is -0.267. The maximum absolute atomic E-state index is 13.0. The van der Waals surface area contributed by atoms with E-state index in [1.807, 2.05) is 18.2 Å². The summed E-state index contributed by atoms with van der Waals surface area (Å²) < 4.78 is 4.59. The van der Waals surface area contributed by atoms with E-state index >= 15 is 0 Å². The minimum absolute atomic E-state index is 0.0739. The highest BCUT2D eigenvalue weighted by Gasteiger charge is 2.97. The van der Waals surface area contributed by atoms with Crippen LogP contribution in [0.25, 0.3) is 5.69 Å². The van der Waals surface area contributed by atoms with E-state index in [1.165, 1.54) is 4.57 Å². The third-order valence-corrected chi connectivity index (χ3v) is 7.61. The van der Waals surface area contributed by atoms with E-state index in [2.05, 4.69) is 6.07 Å². The van der Waals surface area contributed by atoms with Gasteiger partial charge in [0.05, 0.1) is 29.3 Å². The van der Waals surface area contributed by atoms with Gasteiger partial charge < -0.3 is 0 Å². The van der Waals surface area contributed by atoms with E-state index in [1.54, 1.807) is 21.5 Å². The van der Waals surface area contributed by atoms with E-state index in [-0.39, 0.29) is 28.9 Å². The largest absolute Gasteiger partial charge is 0.352 e. The minimum atomic E-state index is -0.353. The zero-order valence-corrected chi connectivity index (χ0v) is 12.0. The van der Waals surface area contributed by atoms with Gasteiger partial charge in [-0.05, 0) is 35.8 Å². The molecule has 6 aliphatic rings. The Bertz CT molecular complexity index is 1090. The normalized spacial score (nSPS) is 48.0. The standard InChI is InChI=1S/C17H12N4O2/c18-6-17-11-9-8-10(11)14(17)21-16(23)19(7-4-2-1-3-5-7)15(22)20(21)13(8)12(9)17/h1-5,8-14H/t8-,9+,10+,11+,12+,13-,14-,17+/m1/s1. The van der Waals surface area contributed by atoms with Crippen LogP contribution in [0.2, 0.25) is 0 Å². The molecule has 6 heteroatoms. The first-order valence-corrected chi connectivity index (χ1v) is 8.16. The summed E-state index contributed by atoms with van der Waals surface area (Å²) >= 11 is 0. The maximum Gasteiger partial charge on any atom is 0.352 e. The molecule has 2 bridgehead atoms. The lowest BCUT2D eigenvalue weighted by Crippen LogP contribution is -2.95. The van der Waals surface area contributed by atoms with Crippen LogP contribution in [-0.2, 0) is 0 Å². The fraction of sp³-hybridized carbons (Fsp3) is 0.471. The van der Waals surface area contributed by atoms with Crippen LogP contribution in [0.4, 0.5) is 0 Å². The Morgan fingerprint density at radius 3 is 2.43 bits per heavy atom. The van der Waals surface area contributed by atoms with Gasteiger partial charge in [-0.2, -0.15) is 5.26 Å².